The quantitative estimate of drug-likeness (QED) is 0.761. The number of hydrogen-bond donors (Lipinski definition) is 2. The lowest BCUT2D eigenvalue weighted by atomic mass is 10.1. The number of amides is 2. The van der Waals surface area contributed by atoms with Crippen LogP contribution < -0.4 is 10.6 Å². The number of benzene rings is 1. The molecule has 1 aromatic carbocycles. The SMILES string of the molecule is CSc1ccc(C(=O)NCC(=O)NC(C)CC(C)C)cc1. The zero-order valence-electron chi connectivity index (χ0n) is 13.1. The van der Waals surface area contributed by atoms with Crippen LogP contribution in [-0.2, 0) is 4.79 Å². The van der Waals surface area contributed by atoms with Crippen LogP contribution in [0.25, 0.3) is 0 Å². The van der Waals surface area contributed by atoms with Crippen molar-refractivity contribution < 1.29 is 9.59 Å². The average molecular weight is 308 g/mol. The van der Waals surface area contributed by atoms with Gasteiger partial charge in [-0.05, 0) is 49.8 Å². The van der Waals surface area contributed by atoms with Gasteiger partial charge in [-0.1, -0.05) is 13.8 Å². The minimum Gasteiger partial charge on any atom is -0.352 e. The van der Waals surface area contributed by atoms with E-state index < -0.39 is 0 Å². The van der Waals surface area contributed by atoms with Crippen LogP contribution in [0.15, 0.2) is 29.2 Å². The molecule has 0 fully saturated rings. The number of thioether (sulfide) groups is 1. The molecule has 1 rings (SSSR count). The Morgan fingerprint density at radius 2 is 1.76 bits per heavy atom. The van der Waals surface area contributed by atoms with Gasteiger partial charge < -0.3 is 10.6 Å². The van der Waals surface area contributed by atoms with Crippen molar-refractivity contribution in [2.75, 3.05) is 12.8 Å². The topological polar surface area (TPSA) is 58.2 Å². The van der Waals surface area contributed by atoms with Crippen LogP contribution in [0.3, 0.4) is 0 Å². The van der Waals surface area contributed by atoms with Gasteiger partial charge in [0.1, 0.15) is 0 Å². The summed E-state index contributed by atoms with van der Waals surface area (Å²) in [5.41, 5.74) is 0.566. The minimum absolute atomic E-state index is 0.00550. The third kappa shape index (κ3) is 6.67. The van der Waals surface area contributed by atoms with E-state index >= 15 is 0 Å². The van der Waals surface area contributed by atoms with Crippen LogP contribution in [0.2, 0.25) is 0 Å². The molecule has 1 unspecified atom stereocenters. The van der Waals surface area contributed by atoms with Crippen LogP contribution >= 0.6 is 11.8 Å². The lowest BCUT2D eigenvalue weighted by Crippen LogP contribution is -2.41. The van der Waals surface area contributed by atoms with E-state index in [4.69, 9.17) is 0 Å². The Balaban J connectivity index is 2.39. The van der Waals surface area contributed by atoms with Gasteiger partial charge >= 0.3 is 0 Å². The second-order valence-corrected chi connectivity index (χ2v) is 6.39. The molecule has 0 radical (unpaired) electrons. The van der Waals surface area contributed by atoms with Gasteiger partial charge in [0.05, 0.1) is 6.54 Å². The molecule has 116 valence electrons. The standard InChI is InChI=1S/C16H24N2O2S/c1-11(2)9-12(3)18-15(19)10-17-16(20)13-5-7-14(21-4)8-6-13/h5-8,11-12H,9-10H2,1-4H3,(H,17,20)(H,18,19). The molecule has 21 heavy (non-hydrogen) atoms. The molecule has 2 amide bonds. The molecule has 4 nitrogen and oxygen atoms in total. The van der Waals surface area contributed by atoms with Crippen LogP contribution in [-0.4, -0.2) is 30.7 Å². The van der Waals surface area contributed by atoms with E-state index in [1.807, 2.05) is 25.3 Å². The maximum absolute atomic E-state index is 11.9. The highest BCUT2D eigenvalue weighted by molar-refractivity contribution is 7.98. The lowest BCUT2D eigenvalue weighted by Gasteiger charge is -2.16. The van der Waals surface area contributed by atoms with Crippen LogP contribution in [0.5, 0.6) is 0 Å². The second kappa shape index (κ2) is 8.72. The summed E-state index contributed by atoms with van der Waals surface area (Å²) in [4.78, 5) is 24.8. The molecule has 0 heterocycles. The lowest BCUT2D eigenvalue weighted by molar-refractivity contribution is -0.120. The summed E-state index contributed by atoms with van der Waals surface area (Å²) in [7, 11) is 0. The monoisotopic (exact) mass is 308 g/mol. The molecule has 0 aromatic heterocycles. The summed E-state index contributed by atoms with van der Waals surface area (Å²) >= 11 is 1.62. The molecule has 0 spiro atoms. The molecule has 0 aliphatic heterocycles. The predicted molar refractivity (Wildman–Crippen MR) is 87.6 cm³/mol. The van der Waals surface area contributed by atoms with Gasteiger partial charge in [0, 0.05) is 16.5 Å². The van der Waals surface area contributed by atoms with Crippen molar-refractivity contribution in [2.45, 2.75) is 38.1 Å². The summed E-state index contributed by atoms with van der Waals surface area (Å²) in [6, 6.07) is 7.44. The third-order valence-electron chi connectivity index (χ3n) is 2.99. The van der Waals surface area contributed by atoms with E-state index in [0.717, 1.165) is 11.3 Å². The van der Waals surface area contributed by atoms with Crippen molar-refractivity contribution in [1.82, 2.24) is 10.6 Å². The van der Waals surface area contributed by atoms with E-state index in [9.17, 15) is 9.59 Å². The Labute approximate surface area is 131 Å². The van der Waals surface area contributed by atoms with E-state index in [1.165, 1.54) is 0 Å². The zero-order chi connectivity index (χ0) is 15.8. The Bertz CT molecular complexity index is 472. The molecule has 2 N–H and O–H groups in total. The zero-order valence-corrected chi connectivity index (χ0v) is 13.9. The van der Waals surface area contributed by atoms with Gasteiger partial charge in [-0.25, -0.2) is 0 Å². The first kappa shape index (κ1) is 17.6. The van der Waals surface area contributed by atoms with Gasteiger partial charge in [-0.15, -0.1) is 11.8 Å². The molecule has 1 aromatic rings. The van der Waals surface area contributed by atoms with Gasteiger partial charge in [-0.3, -0.25) is 9.59 Å². The maximum atomic E-state index is 11.9. The van der Waals surface area contributed by atoms with Crippen molar-refractivity contribution in [1.29, 1.82) is 0 Å². The molecule has 5 heteroatoms. The predicted octanol–water partition coefficient (Wildman–Crippen LogP) is 2.69. The second-order valence-electron chi connectivity index (χ2n) is 5.51. The van der Waals surface area contributed by atoms with Crippen molar-refractivity contribution in [3.63, 3.8) is 0 Å². The number of rotatable bonds is 7. The Hall–Kier alpha value is -1.49. The summed E-state index contributed by atoms with van der Waals surface area (Å²) in [6.07, 6.45) is 2.91. The highest BCUT2D eigenvalue weighted by Gasteiger charge is 2.11. The summed E-state index contributed by atoms with van der Waals surface area (Å²) < 4.78 is 0. The van der Waals surface area contributed by atoms with Gasteiger partial charge in [0.2, 0.25) is 5.91 Å². The average Bonchev–Trinajstić information content (AvgIpc) is 2.43. The van der Waals surface area contributed by atoms with E-state index in [0.29, 0.717) is 11.5 Å². The number of nitrogens with one attached hydrogen (secondary N) is 2. The fraction of sp³-hybridized carbons (Fsp3) is 0.500. The molecule has 1 atom stereocenters. The summed E-state index contributed by atoms with van der Waals surface area (Å²) in [5, 5.41) is 5.52. The number of hydrogen-bond acceptors (Lipinski definition) is 3. The van der Waals surface area contributed by atoms with Gasteiger partial charge in [0.25, 0.3) is 5.91 Å². The maximum Gasteiger partial charge on any atom is 0.251 e. The van der Waals surface area contributed by atoms with E-state index in [-0.39, 0.29) is 24.4 Å². The summed E-state index contributed by atoms with van der Waals surface area (Å²) in [5.74, 6) is 0.149. The van der Waals surface area contributed by atoms with Crippen molar-refractivity contribution in [3.05, 3.63) is 29.8 Å². The Kier molecular flexibility index (Phi) is 7.29. The van der Waals surface area contributed by atoms with Crippen LogP contribution in [0, 0.1) is 5.92 Å². The number of carbonyl (C=O) groups excluding carboxylic acids is 2. The molecule has 0 bridgehead atoms. The van der Waals surface area contributed by atoms with Gasteiger partial charge in [-0.2, -0.15) is 0 Å². The highest BCUT2D eigenvalue weighted by atomic mass is 32.2. The van der Waals surface area contributed by atoms with E-state index in [1.54, 1.807) is 23.9 Å². The molecular formula is C16H24N2O2S. The minimum atomic E-state index is -0.227. The number of carbonyl (C=O) groups is 2. The highest BCUT2D eigenvalue weighted by Crippen LogP contribution is 2.14. The van der Waals surface area contributed by atoms with Crippen molar-refractivity contribution in [3.8, 4) is 0 Å². The summed E-state index contributed by atoms with van der Waals surface area (Å²) in [6.45, 7) is 6.21. The largest absolute Gasteiger partial charge is 0.352 e. The Morgan fingerprint density at radius 1 is 1.14 bits per heavy atom. The van der Waals surface area contributed by atoms with Crippen molar-refractivity contribution in [2.24, 2.45) is 5.92 Å². The van der Waals surface area contributed by atoms with Crippen molar-refractivity contribution >= 4 is 23.6 Å². The normalized spacial score (nSPS) is 12.0. The molecule has 0 saturated heterocycles. The van der Waals surface area contributed by atoms with Gasteiger partial charge in [0.15, 0.2) is 0 Å². The first-order chi connectivity index (χ1) is 9.92. The third-order valence-corrected chi connectivity index (χ3v) is 3.74. The fourth-order valence-corrected chi connectivity index (χ4v) is 2.51. The van der Waals surface area contributed by atoms with E-state index in [2.05, 4.69) is 24.5 Å². The molecule has 0 saturated carbocycles. The first-order valence-electron chi connectivity index (χ1n) is 7.14. The molecule has 0 aliphatic rings. The molecule has 0 aliphatic carbocycles. The molecular weight excluding hydrogens is 284 g/mol. The fourth-order valence-electron chi connectivity index (χ4n) is 2.10. The smallest absolute Gasteiger partial charge is 0.251 e. The van der Waals surface area contributed by atoms with Crippen LogP contribution in [0.4, 0.5) is 0 Å². The van der Waals surface area contributed by atoms with Crippen LogP contribution in [0.1, 0.15) is 37.6 Å². The first-order valence-corrected chi connectivity index (χ1v) is 8.36. The Morgan fingerprint density at radius 3 is 2.29 bits per heavy atom.